The van der Waals surface area contributed by atoms with E-state index < -0.39 is 43.4 Å². The van der Waals surface area contributed by atoms with Gasteiger partial charge in [-0.3, -0.25) is 24.7 Å². The zero-order valence-electron chi connectivity index (χ0n) is 43.4. The van der Waals surface area contributed by atoms with Gasteiger partial charge in [0.25, 0.3) is 21.6 Å². The summed E-state index contributed by atoms with van der Waals surface area (Å²) in [6.07, 6.45) is 5.22. The molecule has 4 heterocycles. The van der Waals surface area contributed by atoms with E-state index in [1.807, 2.05) is 6.07 Å². The largest absolute Gasteiger partial charge is 0.573 e. The van der Waals surface area contributed by atoms with Crippen molar-refractivity contribution in [3.05, 3.63) is 142 Å². The number of H-pyrrole nitrogens is 1. The molecule has 4 N–H and O–H groups in total. The van der Waals surface area contributed by atoms with Crippen LogP contribution in [0, 0.1) is 21.4 Å². The maximum absolute atomic E-state index is 14.1. The van der Waals surface area contributed by atoms with Gasteiger partial charge in [-0.1, -0.05) is 50.2 Å². The highest BCUT2D eigenvalue weighted by Crippen LogP contribution is 2.53. The fraction of sp³-hybridized carbons (Fsp3) is 0.439. The maximum atomic E-state index is 14.1. The molecule has 77 heavy (non-hydrogen) atoms. The van der Waals surface area contributed by atoms with Crippen LogP contribution in [0.1, 0.15) is 111 Å². The number of piperidine rings is 1. The Bertz CT molecular complexity index is 3220. The summed E-state index contributed by atoms with van der Waals surface area (Å²) in [6.45, 7) is 11.2. The molecule has 4 aliphatic rings. The van der Waals surface area contributed by atoms with Gasteiger partial charge in [-0.15, -0.1) is 13.2 Å². The molecule has 1 unspecified atom stereocenters. The first-order chi connectivity index (χ1) is 36.7. The molecule has 10 rings (SSSR count). The summed E-state index contributed by atoms with van der Waals surface area (Å²) < 4.78 is 78.9. The number of hydrogen-bond acceptors (Lipinski definition) is 13. The first kappa shape index (κ1) is 53.6. The number of piperazine rings is 1. The molecule has 2 aliphatic heterocycles. The fourth-order valence-electron chi connectivity index (χ4n) is 12.0. The third-order valence-electron chi connectivity index (χ3n) is 16.3. The number of nitro benzene ring substituents is 1. The van der Waals surface area contributed by atoms with Crippen molar-refractivity contribution in [1.82, 2.24) is 24.5 Å². The minimum atomic E-state index is -4.75. The molecule has 2 aromatic heterocycles. The molecule has 0 bridgehead atoms. The molecule has 1 amide bonds. The number of pyridine rings is 1. The summed E-state index contributed by atoms with van der Waals surface area (Å²) in [4.78, 5) is 40.1. The van der Waals surface area contributed by atoms with Crippen LogP contribution in [0.5, 0.6) is 17.2 Å². The highest BCUT2D eigenvalue weighted by atomic mass is 32.2. The van der Waals surface area contributed by atoms with Crippen LogP contribution in [-0.4, -0.2) is 101 Å². The van der Waals surface area contributed by atoms with Crippen molar-refractivity contribution in [3.8, 4) is 17.2 Å². The van der Waals surface area contributed by atoms with Crippen molar-refractivity contribution >= 4 is 44.0 Å². The zero-order chi connectivity index (χ0) is 54.3. The lowest BCUT2D eigenvalue weighted by Crippen LogP contribution is -2.60. The standard InChI is InChI=1S/C57H65F3N8O8S/c1-37(2)46-6-4-5-7-47(46)51-36-65(35-39-8-11-43(12-9-39)76-57(58,59)60)26-27-67(51)42-31-56(32-42)21-24-66(25-22-56)41-10-14-48(52(29-41)75-44-28-40-18-23-61-53(40)63-34-44)54(69)64-77(73,74)45-13-15-49(50(30-45)68(71)72)62-33-38-16-19-55(3,70)20-17-38/h4-15,18,23,28-30,34,37-38,42,51,62,70H,16-17,19-22,24-27,31-33,35-36H2,1-3H3,(H,61,63)(H,64,69). The number of aromatic nitrogens is 2. The van der Waals surface area contributed by atoms with Gasteiger partial charge in [-0.05, 0) is 141 Å². The Morgan fingerprint density at radius 3 is 2.39 bits per heavy atom. The first-order valence-electron chi connectivity index (χ1n) is 26.4. The number of alkyl halides is 3. The van der Waals surface area contributed by atoms with Crippen LogP contribution >= 0.6 is 0 Å². The molecule has 4 fully saturated rings. The number of carbonyl (C=O) groups is 1. The number of halogens is 3. The van der Waals surface area contributed by atoms with Crippen LogP contribution in [0.25, 0.3) is 11.0 Å². The number of sulfonamides is 1. The van der Waals surface area contributed by atoms with E-state index in [0.29, 0.717) is 49.3 Å². The maximum Gasteiger partial charge on any atom is 0.573 e. The van der Waals surface area contributed by atoms with Gasteiger partial charge in [0, 0.05) is 87.3 Å². The van der Waals surface area contributed by atoms with Crippen LogP contribution in [-0.2, 0) is 16.6 Å². The van der Waals surface area contributed by atoms with E-state index in [2.05, 4.69) is 77.6 Å². The van der Waals surface area contributed by atoms with Crippen LogP contribution in [0.15, 0.2) is 114 Å². The molecule has 2 saturated heterocycles. The number of aliphatic hydroxyl groups is 1. The van der Waals surface area contributed by atoms with Crippen LogP contribution in [0.3, 0.4) is 0 Å². The van der Waals surface area contributed by atoms with Gasteiger partial charge >= 0.3 is 6.36 Å². The lowest BCUT2D eigenvalue weighted by atomic mass is 9.59. The predicted octanol–water partition coefficient (Wildman–Crippen LogP) is 11.1. The van der Waals surface area contributed by atoms with Crippen molar-refractivity contribution < 1.29 is 45.9 Å². The molecule has 6 aromatic rings. The van der Waals surface area contributed by atoms with E-state index in [1.54, 1.807) is 43.5 Å². The van der Waals surface area contributed by atoms with Crippen molar-refractivity contribution in [1.29, 1.82) is 0 Å². The molecule has 1 atom stereocenters. The summed E-state index contributed by atoms with van der Waals surface area (Å²) in [5, 5.41) is 26.4. The number of nitrogens with one attached hydrogen (secondary N) is 3. The Hall–Kier alpha value is -6.74. The average molecular weight is 1080 g/mol. The van der Waals surface area contributed by atoms with Gasteiger partial charge in [0.15, 0.2) is 0 Å². The fourth-order valence-corrected chi connectivity index (χ4v) is 13.0. The smallest absolute Gasteiger partial charge is 0.455 e. The normalized spacial score (nSPS) is 21.5. The average Bonchev–Trinajstić information content (AvgIpc) is 3.87. The molecular weight excluding hydrogens is 1010 g/mol. The van der Waals surface area contributed by atoms with Gasteiger partial charge in [0.05, 0.1) is 27.2 Å². The monoisotopic (exact) mass is 1080 g/mol. The number of fused-ring (bicyclic) bond motifs is 1. The van der Waals surface area contributed by atoms with Crippen LogP contribution in [0.4, 0.5) is 30.2 Å². The first-order valence-corrected chi connectivity index (χ1v) is 27.9. The molecule has 0 radical (unpaired) electrons. The van der Waals surface area contributed by atoms with Gasteiger partial charge in [0.2, 0.25) is 0 Å². The SMILES string of the molecule is CC(C)c1ccccc1C1CN(Cc2ccc(OC(F)(F)F)cc2)CCN1C1CC2(CCN(c3ccc(C(=O)NS(=O)(=O)c4ccc(NCC5CCC(C)(O)CC5)c([N+](=O)[O-])c4)c(Oc4cnc5[nH]ccc5c4)c3)CC2)C1. The predicted molar refractivity (Wildman–Crippen MR) is 287 cm³/mol. The van der Waals surface area contributed by atoms with Crippen molar-refractivity contribution in [2.75, 3.05) is 49.5 Å². The van der Waals surface area contributed by atoms with Gasteiger partial charge < -0.3 is 29.8 Å². The Balaban J connectivity index is 0.823. The number of carbonyl (C=O) groups excluding carboxylic acids is 1. The molecule has 2 aliphatic carbocycles. The van der Waals surface area contributed by atoms with E-state index in [4.69, 9.17) is 4.74 Å². The summed E-state index contributed by atoms with van der Waals surface area (Å²) in [7, 11) is -4.62. The number of nitrogens with zero attached hydrogens (tertiary/aromatic N) is 5. The number of benzene rings is 4. The molecule has 408 valence electrons. The molecule has 4 aromatic carbocycles. The molecule has 1 spiro atoms. The number of anilines is 2. The minimum Gasteiger partial charge on any atom is -0.455 e. The summed E-state index contributed by atoms with van der Waals surface area (Å²) >= 11 is 0. The number of nitro groups is 1. The number of amides is 1. The second-order valence-corrected chi connectivity index (χ2v) is 23.8. The van der Waals surface area contributed by atoms with E-state index in [9.17, 15) is 41.6 Å². The molecule has 20 heteroatoms. The summed E-state index contributed by atoms with van der Waals surface area (Å²) in [5.74, 6) is -0.294. The van der Waals surface area contributed by atoms with Crippen molar-refractivity contribution in [3.63, 3.8) is 0 Å². The molecular formula is C57H65F3N8O8S. The Morgan fingerprint density at radius 1 is 0.935 bits per heavy atom. The number of aromatic amines is 1. The van der Waals surface area contributed by atoms with Gasteiger partial charge in [-0.25, -0.2) is 18.1 Å². The van der Waals surface area contributed by atoms with E-state index in [1.165, 1.54) is 47.7 Å². The highest BCUT2D eigenvalue weighted by Gasteiger charge is 2.50. The number of ether oxygens (including phenoxy) is 2. The quantitative estimate of drug-likeness (QED) is 0.0528. The zero-order valence-corrected chi connectivity index (χ0v) is 44.2. The van der Waals surface area contributed by atoms with Crippen LogP contribution < -0.4 is 24.4 Å². The van der Waals surface area contributed by atoms with Gasteiger partial charge in [-0.2, -0.15) is 0 Å². The van der Waals surface area contributed by atoms with Gasteiger partial charge in [0.1, 0.15) is 28.6 Å². The second kappa shape index (κ2) is 21.6. The Labute approximate surface area is 446 Å². The summed E-state index contributed by atoms with van der Waals surface area (Å²) in [6, 6.07) is 27.4. The molecule has 2 saturated carbocycles. The number of hydrogen-bond donors (Lipinski definition) is 4. The summed E-state index contributed by atoms with van der Waals surface area (Å²) in [5.41, 5.74) is 4.01. The third-order valence-corrected chi connectivity index (χ3v) is 17.6. The number of rotatable bonds is 16. The van der Waals surface area contributed by atoms with E-state index in [0.717, 1.165) is 94.0 Å². The van der Waals surface area contributed by atoms with E-state index >= 15 is 0 Å². The lowest BCUT2D eigenvalue weighted by Gasteiger charge is -2.58. The Kier molecular flexibility index (Phi) is 15.0. The Morgan fingerprint density at radius 2 is 1.68 bits per heavy atom. The topological polar surface area (TPSA) is 195 Å². The van der Waals surface area contributed by atoms with E-state index in [-0.39, 0.29) is 40.1 Å². The minimum absolute atomic E-state index is 0.0665. The van der Waals surface area contributed by atoms with Crippen molar-refractivity contribution in [2.24, 2.45) is 11.3 Å². The lowest BCUT2D eigenvalue weighted by molar-refractivity contribution is -0.384. The van der Waals surface area contributed by atoms with Crippen molar-refractivity contribution in [2.45, 2.75) is 114 Å². The second-order valence-electron chi connectivity index (χ2n) is 22.1. The van der Waals surface area contributed by atoms with Crippen LogP contribution in [0.2, 0.25) is 0 Å². The highest BCUT2D eigenvalue weighted by molar-refractivity contribution is 7.90. The molecule has 16 nitrogen and oxygen atoms in total. The third kappa shape index (κ3) is 12.4.